The number of aromatic nitrogens is 2. The number of halogens is 1. The van der Waals surface area contributed by atoms with Crippen molar-refractivity contribution in [2.24, 2.45) is 0 Å². The summed E-state index contributed by atoms with van der Waals surface area (Å²) in [6.07, 6.45) is 3.84. The molecular formula is C26H32ClN5O4. The molecule has 2 amide bonds. The minimum Gasteiger partial charge on any atom is -0.489 e. The number of benzene rings is 1. The van der Waals surface area contributed by atoms with Gasteiger partial charge in [0.15, 0.2) is 0 Å². The third kappa shape index (κ3) is 7.53. The normalized spacial score (nSPS) is 14.0. The highest BCUT2D eigenvalue weighted by Gasteiger charge is 2.20. The molecule has 0 atom stereocenters. The van der Waals surface area contributed by atoms with Crippen LogP contribution < -0.4 is 20.7 Å². The average molecular weight is 514 g/mol. The predicted molar refractivity (Wildman–Crippen MR) is 140 cm³/mol. The lowest BCUT2D eigenvalue weighted by molar-refractivity contribution is -0.115. The molecule has 2 aromatic heterocycles. The Hall–Kier alpha value is -3.43. The Morgan fingerprint density at radius 1 is 1.08 bits per heavy atom. The van der Waals surface area contributed by atoms with Crippen LogP contribution in [0.25, 0.3) is 0 Å². The number of carbonyl (C=O) groups excluding carboxylic acids is 2. The van der Waals surface area contributed by atoms with Crippen LogP contribution in [0.15, 0.2) is 53.2 Å². The first-order valence-corrected chi connectivity index (χ1v) is 11.8. The van der Waals surface area contributed by atoms with Crippen LogP contribution in [0.1, 0.15) is 55.4 Å². The molecule has 0 bridgehead atoms. The number of ether oxygens (including phenoxy) is 1. The van der Waals surface area contributed by atoms with Crippen LogP contribution in [0.3, 0.4) is 0 Å². The van der Waals surface area contributed by atoms with E-state index in [0.717, 1.165) is 37.2 Å². The van der Waals surface area contributed by atoms with Gasteiger partial charge in [0.25, 0.3) is 5.91 Å². The molecule has 3 N–H and O–H groups in total. The predicted octanol–water partition coefficient (Wildman–Crippen LogP) is 4.35. The van der Waals surface area contributed by atoms with E-state index in [1.807, 2.05) is 20.8 Å². The molecule has 1 fully saturated rings. The maximum absolute atomic E-state index is 12.6. The van der Waals surface area contributed by atoms with E-state index in [9.17, 15) is 9.59 Å². The number of rotatable bonds is 7. The fourth-order valence-corrected chi connectivity index (χ4v) is 3.65. The van der Waals surface area contributed by atoms with Crippen LogP contribution in [-0.2, 0) is 16.6 Å². The summed E-state index contributed by atoms with van der Waals surface area (Å²) in [7, 11) is 0. The average Bonchev–Trinajstić information content (AvgIpc) is 3.30. The van der Waals surface area contributed by atoms with Gasteiger partial charge in [-0.05, 0) is 55.8 Å². The van der Waals surface area contributed by atoms with E-state index < -0.39 is 0 Å². The molecule has 10 heteroatoms. The molecule has 0 aliphatic carbocycles. The minimum atomic E-state index is -0.316. The lowest BCUT2D eigenvalue weighted by atomic mass is 9.92. The first-order chi connectivity index (χ1) is 16.8. The second-order valence-electron chi connectivity index (χ2n) is 9.65. The van der Waals surface area contributed by atoms with E-state index in [2.05, 4.69) is 26.1 Å². The van der Waals surface area contributed by atoms with Gasteiger partial charge in [-0.2, -0.15) is 0 Å². The lowest BCUT2D eigenvalue weighted by Gasteiger charge is -2.23. The molecule has 0 unspecified atom stereocenters. The van der Waals surface area contributed by atoms with Gasteiger partial charge in [0.05, 0.1) is 18.3 Å². The molecule has 1 aromatic carbocycles. The van der Waals surface area contributed by atoms with Crippen LogP contribution in [0.2, 0.25) is 0 Å². The molecule has 1 aliphatic rings. The maximum atomic E-state index is 12.6. The van der Waals surface area contributed by atoms with Crippen molar-refractivity contribution >= 4 is 35.8 Å². The largest absolute Gasteiger partial charge is 0.489 e. The van der Waals surface area contributed by atoms with E-state index in [1.165, 1.54) is 0 Å². The Morgan fingerprint density at radius 2 is 1.81 bits per heavy atom. The van der Waals surface area contributed by atoms with Crippen LogP contribution >= 0.6 is 12.4 Å². The molecule has 36 heavy (non-hydrogen) atoms. The van der Waals surface area contributed by atoms with E-state index >= 15 is 0 Å². The Kier molecular flexibility index (Phi) is 9.06. The molecule has 1 saturated heterocycles. The van der Waals surface area contributed by atoms with Crippen LogP contribution in [0.5, 0.6) is 5.75 Å². The Bertz CT molecular complexity index is 1150. The first kappa shape index (κ1) is 27.2. The Morgan fingerprint density at radius 3 is 2.42 bits per heavy atom. The highest BCUT2D eigenvalue weighted by molar-refractivity contribution is 6.02. The van der Waals surface area contributed by atoms with Gasteiger partial charge in [0, 0.05) is 17.2 Å². The summed E-state index contributed by atoms with van der Waals surface area (Å²) in [6.45, 7) is 7.95. The van der Waals surface area contributed by atoms with Crippen molar-refractivity contribution in [1.82, 2.24) is 15.5 Å². The summed E-state index contributed by atoms with van der Waals surface area (Å²) in [5.41, 5.74) is 2.32. The highest BCUT2D eigenvalue weighted by Crippen LogP contribution is 2.24. The molecule has 1 aliphatic heterocycles. The van der Waals surface area contributed by atoms with Crippen LogP contribution in [0, 0.1) is 0 Å². The van der Waals surface area contributed by atoms with Gasteiger partial charge in [-0.1, -0.05) is 38.1 Å². The number of nitrogens with one attached hydrogen (secondary N) is 3. The van der Waals surface area contributed by atoms with Crippen molar-refractivity contribution in [2.45, 2.75) is 51.6 Å². The summed E-state index contributed by atoms with van der Waals surface area (Å²) < 4.78 is 11.1. The molecule has 3 heterocycles. The van der Waals surface area contributed by atoms with E-state index in [4.69, 9.17) is 9.26 Å². The second kappa shape index (κ2) is 12.0. The molecular weight excluding hydrogens is 482 g/mol. The van der Waals surface area contributed by atoms with Gasteiger partial charge in [-0.15, -0.1) is 12.4 Å². The quantitative estimate of drug-likeness (QED) is 0.429. The lowest BCUT2D eigenvalue weighted by Crippen LogP contribution is -2.34. The number of hydrogen-bond donors (Lipinski definition) is 3. The number of pyridine rings is 1. The Labute approximate surface area is 216 Å². The van der Waals surface area contributed by atoms with Crippen molar-refractivity contribution in [3.8, 4) is 5.75 Å². The summed E-state index contributed by atoms with van der Waals surface area (Å²) in [5.74, 6) is 0.456. The van der Waals surface area contributed by atoms with Crippen LogP contribution in [-0.4, -0.2) is 41.1 Å². The second-order valence-corrected chi connectivity index (χ2v) is 9.65. The number of hydrogen-bond acceptors (Lipinski definition) is 7. The summed E-state index contributed by atoms with van der Waals surface area (Å²) in [6, 6.07) is 12.2. The number of piperidine rings is 1. The number of nitrogens with zero attached hydrogens (tertiary/aromatic N) is 2. The SMILES string of the molecule is CC(C)(C)c1cc(NC(=O)Cc2ccc(NC(=O)c3ccc(OC4CCNCC4)cn3)cc2)on1.Cl. The zero-order chi connectivity index (χ0) is 24.8. The molecule has 3 aromatic rings. The standard InChI is InChI=1S/C26H31N5O4.ClH/c1-26(2,3)22-15-24(35-31-22)30-23(32)14-17-4-6-18(7-5-17)29-25(33)21-9-8-20(16-28-21)34-19-10-12-27-13-11-19;/h4-9,15-16,19,27H,10-14H2,1-3H3,(H,29,33)(H,30,32);1H. The smallest absolute Gasteiger partial charge is 0.274 e. The van der Waals surface area contributed by atoms with E-state index in [-0.39, 0.29) is 42.2 Å². The highest BCUT2D eigenvalue weighted by atomic mass is 35.5. The Balaban J connectivity index is 0.00000361. The monoisotopic (exact) mass is 513 g/mol. The molecule has 192 valence electrons. The molecule has 9 nitrogen and oxygen atoms in total. The first-order valence-electron chi connectivity index (χ1n) is 11.8. The fraction of sp³-hybridized carbons (Fsp3) is 0.385. The van der Waals surface area contributed by atoms with Gasteiger partial charge in [0.1, 0.15) is 17.5 Å². The van der Waals surface area contributed by atoms with Crippen molar-refractivity contribution in [1.29, 1.82) is 0 Å². The fourth-order valence-electron chi connectivity index (χ4n) is 3.65. The van der Waals surface area contributed by atoms with Gasteiger partial charge >= 0.3 is 0 Å². The van der Waals surface area contributed by atoms with Crippen LogP contribution in [0.4, 0.5) is 11.6 Å². The summed E-state index contributed by atoms with van der Waals surface area (Å²) >= 11 is 0. The van der Waals surface area contributed by atoms with Gasteiger partial charge in [-0.25, -0.2) is 4.98 Å². The van der Waals surface area contributed by atoms with E-state index in [0.29, 0.717) is 23.0 Å². The molecule has 0 saturated carbocycles. The number of amides is 2. The third-order valence-corrected chi connectivity index (χ3v) is 5.68. The van der Waals surface area contributed by atoms with Crippen molar-refractivity contribution in [3.63, 3.8) is 0 Å². The zero-order valence-corrected chi connectivity index (χ0v) is 21.5. The van der Waals surface area contributed by atoms with Crippen molar-refractivity contribution in [2.75, 3.05) is 23.7 Å². The van der Waals surface area contributed by atoms with E-state index in [1.54, 1.807) is 48.7 Å². The van der Waals surface area contributed by atoms with Crippen molar-refractivity contribution < 1.29 is 18.8 Å². The summed E-state index contributed by atoms with van der Waals surface area (Å²) in [4.78, 5) is 29.1. The van der Waals surface area contributed by atoms with Gasteiger partial charge in [-0.3, -0.25) is 14.9 Å². The van der Waals surface area contributed by atoms with Crippen molar-refractivity contribution in [3.05, 3.63) is 65.6 Å². The summed E-state index contributed by atoms with van der Waals surface area (Å²) in [5, 5.41) is 12.8. The van der Waals surface area contributed by atoms with Gasteiger partial charge < -0.3 is 19.9 Å². The van der Waals surface area contributed by atoms with Gasteiger partial charge in [0.2, 0.25) is 11.8 Å². The minimum absolute atomic E-state index is 0. The molecule has 0 radical (unpaired) electrons. The number of carbonyl (C=O) groups is 2. The zero-order valence-electron chi connectivity index (χ0n) is 20.7. The topological polar surface area (TPSA) is 118 Å². The molecule has 4 rings (SSSR count). The maximum Gasteiger partial charge on any atom is 0.274 e. The number of anilines is 2. The molecule has 0 spiro atoms. The third-order valence-electron chi connectivity index (χ3n) is 5.68.